The molecule has 0 bridgehead atoms. The molecular formula is C11H19N3O. The zero-order chi connectivity index (χ0) is 11.4. The molecule has 1 aromatic rings. The summed E-state index contributed by atoms with van der Waals surface area (Å²) >= 11 is 0. The lowest BCUT2D eigenvalue weighted by Crippen LogP contribution is -2.30. The monoisotopic (exact) mass is 209 g/mol. The van der Waals surface area contributed by atoms with Crippen LogP contribution in [0.3, 0.4) is 0 Å². The van der Waals surface area contributed by atoms with Crippen LogP contribution in [-0.4, -0.2) is 27.7 Å². The van der Waals surface area contributed by atoms with Crippen molar-refractivity contribution in [3.05, 3.63) is 17.6 Å². The lowest BCUT2D eigenvalue weighted by molar-refractivity contribution is 0.249. The second-order valence-electron chi connectivity index (χ2n) is 4.10. The first-order valence-electron chi connectivity index (χ1n) is 5.22. The summed E-state index contributed by atoms with van der Waals surface area (Å²) in [6.45, 7) is 8.08. The molecule has 1 atom stereocenters. The van der Waals surface area contributed by atoms with Gasteiger partial charge in [-0.15, -0.1) is 0 Å². The van der Waals surface area contributed by atoms with Gasteiger partial charge in [0.1, 0.15) is 5.82 Å². The number of nitrogens with zero attached hydrogens (tertiary/aromatic N) is 2. The first kappa shape index (κ1) is 11.9. The van der Waals surface area contributed by atoms with E-state index < -0.39 is 0 Å². The first-order chi connectivity index (χ1) is 7.04. The topological polar surface area (TPSA) is 58.0 Å². The molecule has 2 N–H and O–H groups in total. The summed E-state index contributed by atoms with van der Waals surface area (Å²) in [7, 11) is 0. The highest BCUT2D eigenvalue weighted by Crippen LogP contribution is 2.10. The van der Waals surface area contributed by atoms with Crippen LogP contribution in [0.1, 0.15) is 25.2 Å². The van der Waals surface area contributed by atoms with Gasteiger partial charge in [-0.2, -0.15) is 0 Å². The maximum Gasteiger partial charge on any atom is 0.145 e. The molecule has 0 aliphatic rings. The molecule has 0 unspecified atom stereocenters. The lowest BCUT2D eigenvalue weighted by Gasteiger charge is -2.20. The van der Waals surface area contributed by atoms with E-state index in [1.807, 2.05) is 13.8 Å². The molecule has 1 rings (SSSR count). The SMILES string of the molecule is Cc1ncc(N[C@H](CO)C(C)C)nc1C. The van der Waals surface area contributed by atoms with Crippen LogP contribution in [0.4, 0.5) is 5.82 Å². The molecule has 0 spiro atoms. The normalized spacial score (nSPS) is 12.9. The molecule has 1 heterocycles. The third kappa shape index (κ3) is 3.16. The van der Waals surface area contributed by atoms with Gasteiger partial charge in [-0.25, -0.2) is 4.98 Å². The van der Waals surface area contributed by atoms with E-state index in [0.717, 1.165) is 17.2 Å². The molecule has 0 aliphatic heterocycles. The van der Waals surface area contributed by atoms with E-state index in [-0.39, 0.29) is 12.6 Å². The number of hydrogen-bond donors (Lipinski definition) is 2. The summed E-state index contributed by atoms with van der Waals surface area (Å²) < 4.78 is 0. The minimum Gasteiger partial charge on any atom is -0.394 e. The van der Waals surface area contributed by atoms with Crippen LogP contribution in [0.2, 0.25) is 0 Å². The predicted octanol–water partition coefficient (Wildman–Crippen LogP) is 1.52. The Morgan fingerprint density at radius 3 is 2.47 bits per heavy atom. The number of aromatic nitrogens is 2. The smallest absolute Gasteiger partial charge is 0.145 e. The molecule has 15 heavy (non-hydrogen) atoms. The highest BCUT2D eigenvalue weighted by molar-refractivity contribution is 5.34. The number of aliphatic hydroxyl groups excluding tert-OH is 1. The van der Waals surface area contributed by atoms with Crippen LogP contribution < -0.4 is 5.32 Å². The molecule has 0 saturated carbocycles. The number of rotatable bonds is 4. The molecule has 0 amide bonds. The molecule has 0 saturated heterocycles. The van der Waals surface area contributed by atoms with Gasteiger partial charge in [0.25, 0.3) is 0 Å². The van der Waals surface area contributed by atoms with Crippen LogP contribution >= 0.6 is 0 Å². The predicted molar refractivity (Wildman–Crippen MR) is 60.8 cm³/mol. The summed E-state index contributed by atoms with van der Waals surface area (Å²) in [5.74, 6) is 1.09. The van der Waals surface area contributed by atoms with Crippen molar-refractivity contribution >= 4 is 5.82 Å². The number of nitrogens with one attached hydrogen (secondary N) is 1. The summed E-state index contributed by atoms with van der Waals surface area (Å²) in [5, 5.41) is 12.3. The Morgan fingerprint density at radius 2 is 2.00 bits per heavy atom. The van der Waals surface area contributed by atoms with Crippen LogP contribution in [0.15, 0.2) is 6.20 Å². The third-order valence-corrected chi connectivity index (χ3v) is 2.53. The van der Waals surface area contributed by atoms with Crippen molar-refractivity contribution in [1.82, 2.24) is 9.97 Å². The Hall–Kier alpha value is -1.16. The zero-order valence-corrected chi connectivity index (χ0v) is 9.78. The second kappa shape index (κ2) is 5.07. The lowest BCUT2D eigenvalue weighted by atomic mass is 10.1. The van der Waals surface area contributed by atoms with E-state index >= 15 is 0 Å². The van der Waals surface area contributed by atoms with Gasteiger partial charge in [0.2, 0.25) is 0 Å². The van der Waals surface area contributed by atoms with Crippen molar-refractivity contribution in [2.24, 2.45) is 5.92 Å². The summed E-state index contributed by atoms with van der Waals surface area (Å²) in [6, 6.07) is 0.0291. The van der Waals surface area contributed by atoms with Crippen molar-refractivity contribution in [2.75, 3.05) is 11.9 Å². The van der Waals surface area contributed by atoms with Crippen LogP contribution in [-0.2, 0) is 0 Å². The summed E-state index contributed by atoms with van der Waals surface area (Å²) in [5.41, 5.74) is 1.85. The van der Waals surface area contributed by atoms with E-state index in [1.165, 1.54) is 0 Å². The van der Waals surface area contributed by atoms with Crippen molar-refractivity contribution in [3.63, 3.8) is 0 Å². The number of aryl methyl sites for hydroxylation is 2. The maximum absolute atomic E-state index is 9.17. The van der Waals surface area contributed by atoms with Crippen LogP contribution in [0, 0.1) is 19.8 Å². The average Bonchev–Trinajstić information content (AvgIpc) is 2.19. The highest BCUT2D eigenvalue weighted by Gasteiger charge is 2.12. The first-order valence-corrected chi connectivity index (χ1v) is 5.22. The zero-order valence-electron chi connectivity index (χ0n) is 9.78. The van der Waals surface area contributed by atoms with Gasteiger partial charge >= 0.3 is 0 Å². The van der Waals surface area contributed by atoms with Gasteiger partial charge < -0.3 is 10.4 Å². The van der Waals surface area contributed by atoms with E-state index in [4.69, 9.17) is 0 Å². The molecule has 4 heteroatoms. The van der Waals surface area contributed by atoms with Crippen molar-refractivity contribution in [3.8, 4) is 0 Å². The Bertz CT molecular complexity index is 326. The Balaban J connectivity index is 2.75. The highest BCUT2D eigenvalue weighted by atomic mass is 16.3. The molecule has 1 aromatic heterocycles. The Labute approximate surface area is 90.8 Å². The fourth-order valence-electron chi connectivity index (χ4n) is 1.22. The molecule has 4 nitrogen and oxygen atoms in total. The van der Waals surface area contributed by atoms with Gasteiger partial charge in [0, 0.05) is 0 Å². The molecular weight excluding hydrogens is 190 g/mol. The molecule has 0 aliphatic carbocycles. The van der Waals surface area contributed by atoms with Crippen molar-refractivity contribution in [1.29, 1.82) is 0 Å². The Kier molecular flexibility index (Phi) is 4.03. The van der Waals surface area contributed by atoms with E-state index in [9.17, 15) is 5.11 Å². The van der Waals surface area contributed by atoms with Gasteiger partial charge in [-0.3, -0.25) is 4.98 Å². The molecule has 0 aromatic carbocycles. The van der Waals surface area contributed by atoms with Crippen LogP contribution in [0.25, 0.3) is 0 Å². The largest absolute Gasteiger partial charge is 0.394 e. The number of hydrogen-bond acceptors (Lipinski definition) is 4. The molecule has 0 fully saturated rings. The number of anilines is 1. The van der Waals surface area contributed by atoms with Gasteiger partial charge in [0.15, 0.2) is 0 Å². The average molecular weight is 209 g/mol. The Morgan fingerprint density at radius 1 is 1.33 bits per heavy atom. The van der Waals surface area contributed by atoms with Crippen molar-refractivity contribution < 1.29 is 5.11 Å². The van der Waals surface area contributed by atoms with Crippen LogP contribution in [0.5, 0.6) is 0 Å². The third-order valence-electron chi connectivity index (χ3n) is 2.53. The second-order valence-corrected chi connectivity index (χ2v) is 4.10. The van der Waals surface area contributed by atoms with Crippen molar-refractivity contribution in [2.45, 2.75) is 33.7 Å². The fraction of sp³-hybridized carbons (Fsp3) is 0.636. The van der Waals surface area contributed by atoms with E-state index in [1.54, 1.807) is 6.20 Å². The number of aliphatic hydroxyl groups is 1. The minimum absolute atomic E-state index is 0.0291. The minimum atomic E-state index is 0.0291. The standard InChI is InChI=1S/C11H19N3O/c1-7(2)10(6-15)14-11-5-12-8(3)9(4)13-11/h5,7,10,15H,6H2,1-4H3,(H,13,14)/t10-/m1/s1. The van der Waals surface area contributed by atoms with Gasteiger partial charge in [-0.1, -0.05) is 13.8 Å². The van der Waals surface area contributed by atoms with E-state index in [0.29, 0.717) is 5.92 Å². The van der Waals surface area contributed by atoms with E-state index in [2.05, 4.69) is 29.1 Å². The van der Waals surface area contributed by atoms with Gasteiger partial charge in [0.05, 0.1) is 30.2 Å². The molecule has 84 valence electrons. The fourth-order valence-corrected chi connectivity index (χ4v) is 1.22. The van der Waals surface area contributed by atoms with Gasteiger partial charge in [-0.05, 0) is 19.8 Å². The molecule has 0 radical (unpaired) electrons. The summed E-state index contributed by atoms with van der Waals surface area (Å²) in [6.07, 6.45) is 1.70. The quantitative estimate of drug-likeness (QED) is 0.789. The maximum atomic E-state index is 9.17. The summed E-state index contributed by atoms with van der Waals surface area (Å²) in [4.78, 5) is 8.58.